The van der Waals surface area contributed by atoms with Gasteiger partial charge in [-0.05, 0) is 66.6 Å². The van der Waals surface area contributed by atoms with Gasteiger partial charge in [0.05, 0.1) is 11.9 Å². The number of nitrogens with two attached hydrogens (primary N) is 1. The summed E-state index contributed by atoms with van der Waals surface area (Å²) in [6, 6.07) is 24.0. The van der Waals surface area contributed by atoms with Crippen molar-refractivity contribution in [3.63, 3.8) is 0 Å². The third-order valence-corrected chi connectivity index (χ3v) is 6.85. The first kappa shape index (κ1) is 35.6. The van der Waals surface area contributed by atoms with Gasteiger partial charge in [-0.25, -0.2) is 10.2 Å². The standard InChI is InChI=1S/C32H30N6O4.C2HF3O2/c1-2-15-36-38-31(40)19-7-11-22(12-8-19)37-29(39)18-35-32(41)24-6-4-3-5-23(24)30-25-13-9-20(33)16-27(25)42-28-17-21(34)10-14-26(28)30;3-2(4,5)1(6)7/h3-14,16-17,33,36H,2,15,18,34H2,1H3,(H,35,41)(H,37,39)(H,38,40);(H,6,7). The molecule has 3 aromatic rings. The first-order chi connectivity index (χ1) is 23.3. The quantitative estimate of drug-likeness (QED) is 0.0494. The van der Waals surface area contributed by atoms with Crippen LogP contribution in [0.4, 0.5) is 24.5 Å². The molecule has 3 aromatic carbocycles. The molecule has 3 amide bonds. The van der Waals surface area contributed by atoms with Gasteiger partial charge in [-0.2, -0.15) is 13.2 Å². The van der Waals surface area contributed by atoms with E-state index in [9.17, 15) is 27.6 Å². The molecule has 15 heteroatoms. The zero-order valence-electron chi connectivity index (χ0n) is 25.9. The van der Waals surface area contributed by atoms with E-state index in [1.807, 2.05) is 25.1 Å². The largest absolute Gasteiger partial charge is 0.490 e. The molecule has 0 bridgehead atoms. The number of hydrogen-bond donors (Lipinski definition) is 7. The number of nitrogen functional groups attached to an aromatic ring is 1. The molecule has 49 heavy (non-hydrogen) atoms. The lowest BCUT2D eigenvalue weighted by molar-refractivity contribution is -0.192. The smallest absolute Gasteiger partial charge is 0.475 e. The van der Waals surface area contributed by atoms with Gasteiger partial charge in [0.1, 0.15) is 11.3 Å². The van der Waals surface area contributed by atoms with Crippen molar-refractivity contribution in [1.29, 1.82) is 5.41 Å². The Labute approximate surface area is 276 Å². The number of anilines is 2. The molecule has 1 aliphatic heterocycles. The summed E-state index contributed by atoms with van der Waals surface area (Å²) in [5, 5.41) is 21.6. The predicted octanol–water partition coefficient (Wildman–Crippen LogP) is 4.91. The van der Waals surface area contributed by atoms with Crippen molar-refractivity contribution in [2.24, 2.45) is 0 Å². The molecule has 8 N–H and O–H groups in total. The second-order valence-electron chi connectivity index (χ2n) is 10.5. The number of halogens is 3. The molecule has 0 atom stereocenters. The van der Waals surface area contributed by atoms with E-state index in [0.717, 1.165) is 22.9 Å². The highest BCUT2D eigenvalue weighted by Crippen LogP contribution is 2.41. The fraction of sp³-hybridized carbons (Fsp3) is 0.147. The lowest BCUT2D eigenvalue weighted by Crippen LogP contribution is -2.37. The molecule has 0 aromatic heterocycles. The Morgan fingerprint density at radius 3 is 2.27 bits per heavy atom. The van der Waals surface area contributed by atoms with E-state index in [1.165, 1.54) is 0 Å². The number of alkyl halides is 3. The summed E-state index contributed by atoms with van der Waals surface area (Å²) in [7, 11) is 0. The van der Waals surface area contributed by atoms with Crippen LogP contribution in [0.5, 0.6) is 0 Å². The molecule has 1 aliphatic carbocycles. The average Bonchev–Trinajstić information content (AvgIpc) is 3.06. The van der Waals surface area contributed by atoms with E-state index in [-0.39, 0.29) is 12.5 Å². The molecule has 0 unspecified atom stereocenters. The molecule has 0 fully saturated rings. The SMILES string of the molecule is CCCNNC(=O)c1ccc(NC(=O)CNC(=O)c2ccccc2-c2c3ccc(=N)cc-3oc3cc(N)ccc23)cc1.O=C(O)C(F)(F)F. The molecule has 254 valence electrons. The minimum Gasteiger partial charge on any atom is -0.475 e. The Morgan fingerprint density at radius 1 is 0.898 bits per heavy atom. The van der Waals surface area contributed by atoms with E-state index in [0.29, 0.717) is 51.3 Å². The summed E-state index contributed by atoms with van der Waals surface area (Å²) in [6.45, 7) is 2.39. The predicted molar refractivity (Wildman–Crippen MR) is 175 cm³/mol. The monoisotopic (exact) mass is 676 g/mol. The fourth-order valence-electron chi connectivity index (χ4n) is 4.60. The van der Waals surface area contributed by atoms with E-state index < -0.39 is 24.0 Å². The van der Waals surface area contributed by atoms with Crippen LogP contribution in [0.2, 0.25) is 0 Å². The van der Waals surface area contributed by atoms with Gasteiger partial charge in [0, 0.05) is 57.7 Å². The van der Waals surface area contributed by atoms with Crippen LogP contribution in [0.3, 0.4) is 0 Å². The van der Waals surface area contributed by atoms with Crippen LogP contribution >= 0.6 is 0 Å². The van der Waals surface area contributed by atoms with Crippen LogP contribution in [0.15, 0.2) is 89.3 Å². The van der Waals surface area contributed by atoms with Gasteiger partial charge in [-0.3, -0.25) is 19.8 Å². The van der Waals surface area contributed by atoms with Gasteiger partial charge < -0.3 is 31.3 Å². The lowest BCUT2D eigenvalue weighted by Gasteiger charge is -2.18. The summed E-state index contributed by atoms with van der Waals surface area (Å²) in [6.07, 6.45) is -4.20. The molecule has 1 heterocycles. The topological polar surface area (TPSA) is 200 Å². The number of carbonyl (C=O) groups is 4. The average molecular weight is 677 g/mol. The van der Waals surface area contributed by atoms with E-state index in [2.05, 4.69) is 21.5 Å². The number of rotatable bonds is 9. The van der Waals surface area contributed by atoms with Crippen molar-refractivity contribution in [3.05, 3.63) is 101 Å². The van der Waals surface area contributed by atoms with Gasteiger partial charge in [0.15, 0.2) is 0 Å². The molecule has 0 spiro atoms. The van der Waals surface area contributed by atoms with Gasteiger partial charge in [-0.15, -0.1) is 0 Å². The number of carbonyl (C=O) groups excluding carboxylic acids is 3. The molecule has 0 radical (unpaired) electrons. The number of hydrogen-bond acceptors (Lipinski definition) is 8. The van der Waals surface area contributed by atoms with Crippen LogP contribution in [0.1, 0.15) is 34.1 Å². The van der Waals surface area contributed by atoms with Crippen molar-refractivity contribution >= 4 is 46.0 Å². The zero-order chi connectivity index (χ0) is 35.7. The number of carboxylic acids is 1. The fourth-order valence-corrected chi connectivity index (χ4v) is 4.60. The third kappa shape index (κ3) is 9.20. The summed E-state index contributed by atoms with van der Waals surface area (Å²) in [4.78, 5) is 47.1. The number of hydrazine groups is 1. The van der Waals surface area contributed by atoms with Gasteiger partial charge in [0.25, 0.3) is 11.8 Å². The summed E-state index contributed by atoms with van der Waals surface area (Å²) in [5.74, 6) is -3.39. The molecular weight excluding hydrogens is 645 g/mol. The Hall–Kier alpha value is -6.22. The third-order valence-electron chi connectivity index (χ3n) is 6.85. The molecular formula is C34H31F3N6O6. The molecule has 0 saturated carbocycles. The maximum atomic E-state index is 13.4. The van der Waals surface area contributed by atoms with Crippen LogP contribution in [0.25, 0.3) is 33.4 Å². The van der Waals surface area contributed by atoms with Gasteiger partial charge in [0.2, 0.25) is 5.91 Å². The molecule has 5 rings (SSSR count). The minimum atomic E-state index is -5.08. The lowest BCUT2D eigenvalue weighted by atomic mass is 9.90. The van der Waals surface area contributed by atoms with Crippen molar-refractivity contribution in [3.8, 4) is 22.5 Å². The second-order valence-corrected chi connectivity index (χ2v) is 10.5. The highest BCUT2D eigenvalue weighted by molar-refractivity contribution is 6.10. The molecule has 12 nitrogen and oxygen atoms in total. The molecule has 2 aliphatic rings. The Morgan fingerprint density at radius 2 is 1.59 bits per heavy atom. The van der Waals surface area contributed by atoms with Crippen molar-refractivity contribution in [2.45, 2.75) is 19.5 Å². The normalized spacial score (nSPS) is 10.9. The second kappa shape index (κ2) is 15.6. The highest BCUT2D eigenvalue weighted by atomic mass is 19.4. The Kier molecular flexibility index (Phi) is 11.3. The Bertz CT molecular complexity index is 2030. The summed E-state index contributed by atoms with van der Waals surface area (Å²) < 4.78 is 37.8. The van der Waals surface area contributed by atoms with E-state index in [1.54, 1.807) is 66.7 Å². The minimum absolute atomic E-state index is 0.263. The van der Waals surface area contributed by atoms with Crippen LogP contribution in [-0.4, -0.2) is 48.1 Å². The number of nitrogens with one attached hydrogen (secondary N) is 5. The highest BCUT2D eigenvalue weighted by Gasteiger charge is 2.38. The number of aliphatic carboxylic acids is 1. The van der Waals surface area contributed by atoms with Crippen molar-refractivity contribution < 1.29 is 41.9 Å². The van der Waals surface area contributed by atoms with Gasteiger partial charge >= 0.3 is 12.1 Å². The Balaban J connectivity index is 0.000000698. The zero-order valence-corrected chi connectivity index (χ0v) is 25.9. The number of carboxylic acid groups (broad SMARTS) is 1. The van der Waals surface area contributed by atoms with Crippen molar-refractivity contribution in [2.75, 3.05) is 24.1 Å². The van der Waals surface area contributed by atoms with Crippen molar-refractivity contribution in [1.82, 2.24) is 16.2 Å². The van der Waals surface area contributed by atoms with Crippen LogP contribution < -0.4 is 32.6 Å². The first-order valence-corrected chi connectivity index (χ1v) is 14.7. The number of benzene rings is 4. The van der Waals surface area contributed by atoms with Crippen LogP contribution in [0, 0.1) is 5.41 Å². The maximum Gasteiger partial charge on any atom is 0.490 e. The van der Waals surface area contributed by atoms with Gasteiger partial charge in [-0.1, -0.05) is 25.1 Å². The van der Waals surface area contributed by atoms with E-state index >= 15 is 0 Å². The first-order valence-electron chi connectivity index (χ1n) is 14.7. The number of amides is 3. The van der Waals surface area contributed by atoms with Crippen LogP contribution in [-0.2, 0) is 9.59 Å². The maximum absolute atomic E-state index is 13.4. The van der Waals surface area contributed by atoms with E-state index in [4.69, 9.17) is 25.5 Å². The molecule has 0 saturated heterocycles. The number of fused-ring (bicyclic) bond motifs is 2. The summed E-state index contributed by atoms with van der Waals surface area (Å²) >= 11 is 0. The summed E-state index contributed by atoms with van der Waals surface area (Å²) in [5.41, 5.74) is 15.9.